The van der Waals surface area contributed by atoms with Gasteiger partial charge in [0.2, 0.25) is 5.91 Å². The van der Waals surface area contributed by atoms with Gasteiger partial charge in [-0.15, -0.1) is 0 Å². The second-order valence-electron chi connectivity index (χ2n) is 7.99. The van der Waals surface area contributed by atoms with Crippen molar-refractivity contribution in [3.05, 3.63) is 23.8 Å². The number of hydrogen-bond acceptors (Lipinski definition) is 5. The van der Waals surface area contributed by atoms with E-state index in [1.54, 1.807) is 13.8 Å². The Kier molecular flexibility index (Phi) is 5.49. The molecule has 0 bridgehead atoms. The Balaban J connectivity index is 1.73. The number of nitrogens with zero attached hydrogens (tertiary/aromatic N) is 1. The number of ether oxygens (including phenoxy) is 2. The van der Waals surface area contributed by atoms with E-state index in [0.29, 0.717) is 24.7 Å². The standard InChI is InChI=1S/C20H27N3O5/c1-12(2)17(13-6-7-14-15(10-13)28-9-5-8-27-14)21-16(24)11-23-18(25)20(3,4)22-19(23)26/h6-7,10,12,17H,5,8-9,11H2,1-4H3,(H,21,24)(H,22,26)/t17-/m1/s1. The number of benzene rings is 1. The summed E-state index contributed by atoms with van der Waals surface area (Å²) in [5, 5.41) is 5.51. The van der Waals surface area contributed by atoms with Gasteiger partial charge >= 0.3 is 6.03 Å². The molecule has 0 unspecified atom stereocenters. The van der Waals surface area contributed by atoms with E-state index in [1.807, 2.05) is 32.0 Å². The maximum Gasteiger partial charge on any atom is 0.325 e. The molecule has 0 radical (unpaired) electrons. The van der Waals surface area contributed by atoms with Crippen LogP contribution in [0.15, 0.2) is 18.2 Å². The molecule has 0 saturated carbocycles. The van der Waals surface area contributed by atoms with Crippen LogP contribution in [0.2, 0.25) is 0 Å². The first-order valence-corrected chi connectivity index (χ1v) is 9.52. The van der Waals surface area contributed by atoms with Gasteiger partial charge in [0.1, 0.15) is 12.1 Å². The molecule has 1 aromatic rings. The van der Waals surface area contributed by atoms with Gasteiger partial charge in [-0.25, -0.2) is 4.79 Å². The van der Waals surface area contributed by atoms with Crippen molar-refractivity contribution in [2.45, 2.75) is 45.7 Å². The van der Waals surface area contributed by atoms with Gasteiger partial charge in [-0.1, -0.05) is 19.9 Å². The number of amides is 4. The van der Waals surface area contributed by atoms with Gasteiger partial charge in [-0.05, 0) is 37.5 Å². The van der Waals surface area contributed by atoms with Crippen LogP contribution in [0.4, 0.5) is 4.79 Å². The summed E-state index contributed by atoms with van der Waals surface area (Å²) in [6.07, 6.45) is 0.816. The molecular weight excluding hydrogens is 362 g/mol. The van der Waals surface area contributed by atoms with Crippen LogP contribution < -0.4 is 20.1 Å². The molecule has 1 aromatic carbocycles. The zero-order chi connectivity index (χ0) is 20.5. The first kappa shape index (κ1) is 20.0. The van der Waals surface area contributed by atoms with Gasteiger partial charge in [-0.3, -0.25) is 14.5 Å². The van der Waals surface area contributed by atoms with E-state index in [2.05, 4.69) is 10.6 Å². The summed E-state index contributed by atoms with van der Waals surface area (Å²) in [6.45, 7) is 8.08. The molecule has 0 spiro atoms. The second-order valence-corrected chi connectivity index (χ2v) is 7.99. The molecular formula is C20H27N3O5. The average Bonchev–Trinajstić information content (AvgIpc) is 2.80. The minimum absolute atomic E-state index is 0.0910. The first-order valence-electron chi connectivity index (χ1n) is 9.52. The predicted octanol–water partition coefficient (Wildman–Crippen LogP) is 1.99. The molecule has 152 valence electrons. The normalized spacial score (nSPS) is 19.2. The molecule has 0 aliphatic carbocycles. The van der Waals surface area contributed by atoms with E-state index >= 15 is 0 Å². The van der Waals surface area contributed by atoms with Crippen LogP contribution in [0.3, 0.4) is 0 Å². The number of imide groups is 1. The quantitative estimate of drug-likeness (QED) is 0.751. The lowest BCUT2D eigenvalue weighted by atomic mass is 9.95. The van der Waals surface area contributed by atoms with Crippen LogP contribution in [-0.2, 0) is 9.59 Å². The second kappa shape index (κ2) is 7.69. The number of fused-ring (bicyclic) bond motifs is 1. The lowest BCUT2D eigenvalue weighted by molar-refractivity contribution is -0.134. The highest BCUT2D eigenvalue weighted by Gasteiger charge is 2.45. The van der Waals surface area contributed by atoms with Crippen molar-refractivity contribution >= 4 is 17.8 Å². The highest BCUT2D eigenvalue weighted by atomic mass is 16.5. The van der Waals surface area contributed by atoms with Crippen molar-refractivity contribution in [1.29, 1.82) is 0 Å². The third kappa shape index (κ3) is 4.05. The molecule has 4 amide bonds. The fourth-order valence-electron chi connectivity index (χ4n) is 3.33. The molecule has 3 rings (SSSR count). The molecule has 1 atom stereocenters. The Morgan fingerprint density at radius 2 is 1.89 bits per heavy atom. The maximum absolute atomic E-state index is 12.6. The molecule has 1 fully saturated rings. The van der Waals surface area contributed by atoms with Crippen LogP contribution in [0.25, 0.3) is 0 Å². The van der Waals surface area contributed by atoms with Crippen LogP contribution in [0, 0.1) is 5.92 Å². The van der Waals surface area contributed by atoms with Crippen molar-refractivity contribution in [3.63, 3.8) is 0 Å². The summed E-state index contributed by atoms with van der Waals surface area (Å²) in [6, 6.07) is 4.77. The topological polar surface area (TPSA) is 97.0 Å². The number of urea groups is 1. The van der Waals surface area contributed by atoms with E-state index in [9.17, 15) is 14.4 Å². The lowest BCUT2D eigenvalue weighted by Crippen LogP contribution is -2.44. The molecule has 2 aliphatic rings. The number of nitrogens with one attached hydrogen (secondary N) is 2. The van der Waals surface area contributed by atoms with Gasteiger partial charge in [0, 0.05) is 6.42 Å². The van der Waals surface area contributed by atoms with Crippen molar-refractivity contribution in [1.82, 2.24) is 15.5 Å². The van der Waals surface area contributed by atoms with Gasteiger partial charge in [0.25, 0.3) is 5.91 Å². The van der Waals surface area contributed by atoms with E-state index in [4.69, 9.17) is 9.47 Å². The Morgan fingerprint density at radius 3 is 2.50 bits per heavy atom. The number of hydrogen-bond donors (Lipinski definition) is 2. The summed E-state index contributed by atoms with van der Waals surface area (Å²) < 4.78 is 11.4. The van der Waals surface area contributed by atoms with Crippen LogP contribution >= 0.6 is 0 Å². The van der Waals surface area contributed by atoms with Crippen molar-refractivity contribution < 1.29 is 23.9 Å². The Bertz CT molecular complexity index is 790. The SMILES string of the molecule is CC(C)[C@@H](NC(=O)CN1C(=O)NC(C)(C)C1=O)c1ccc2c(c1)OCCCO2. The van der Waals surface area contributed by atoms with E-state index in [-0.39, 0.29) is 18.5 Å². The smallest absolute Gasteiger partial charge is 0.325 e. The average molecular weight is 389 g/mol. The monoisotopic (exact) mass is 389 g/mol. The fourth-order valence-corrected chi connectivity index (χ4v) is 3.33. The number of carbonyl (C=O) groups excluding carboxylic acids is 3. The molecule has 2 N–H and O–H groups in total. The van der Waals surface area contributed by atoms with E-state index < -0.39 is 23.4 Å². The third-order valence-electron chi connectivity index (χ3n) is 4.86. The Labute approximate surface area is 164 Å². The summed E-state index contributed by atoms with van der Waals surface area (Å²) >= 11 is 0. The highest BCUT2D eigenvalue weighted by Crippen LogP contribution is 2.34. The largest absolute Gasteiger partial charge is 0.490 e. The van der Waals surface area contributed by atoms with Gasteiger partial charge < -0.3 is 20.1 Å². The zero-order valence-electron chi connectivity index (χ0n) is 16.7. The summed E-state index contributed by atoms with van der Waals surface area (Å²) in [7, 11) is 0. The van der Waals surface area contributed by atoms with Gasteiger partial charge in [0.15, 0.2) is 11.5 Å². The minimum Gasteiger partial charge on any atom is -0.490 e. The molecule has 2 aliphatic heterocycles. The molecule has 28 heavy (non-hydrogen) atoms. The van der Waals surface area contributed by atoms with Crippen LogP contribution in [-0.4, -0.2) is 48.0 Å². The number of rotatable bonds is 5. The summed E-state index contributed by atoms with van der Waals surface area (Å²) in [4.78, 5) is 37.8. The third-order valence-corrected chi connectivity index (χ3v) is 4.86. The molecule has 8 nitrogen and oxygen atoms in total. The van der Waals surface area contributed by atoms with Crippen molar-refractivity contribution in [3.8, 4) is 11.5 Å². The highest BCUT2D eigenvalue weighted by molar-refractivity contribution is 6.08. The van der Waals surface area contributed by atoms with E-state index in [0.717, 1.165) is 16.9 Å². The number of carbonyl (C=O) groups is 3. The molecule has 1 saturated heterocycles. The van der Waals surface area contributed by atoms with Crippen LogP contribution in [0.5, 0.6) is 11.5 Å². The zero-order valence-corrected chi connectivity index (χ0v) is 16.7. The summed E-state index contributed by atoms with van der Waals surface area (Å²) in [5.74, 6) is 0.631. The van der Waals surface area contributed by atoms with E-state index in [1.165, 1.54) is 0 Å². The first-order chi connectivity index (χ1) is 13.2. The van der Waals surface area contributed by atoms with Crippen molar-refractivity contribution in [2.75, 3.05) is 19.8 Å². The predicted molar refractivity (Wildman–Crippen MR) is 102 cm³/mol. The molecule has 8 heteroatoms. The Morgan fingerprint density at radius 1 is 1.21 bits per heavy atom. The fraction of sp³-hybridized carbons (Fsp3) is 0.550. The molecule has 0 aromatic heterocycles. The maximum atomic E-state index is 12.6. The summed E-state index contributed by atoms with van der Waals surface area (Å²) in [5.41, 5.74) is -0.117. The van der Waals surface area contributed by atoms with Crippen molar-refractivity contribution in [2.24, 2.45) is 5.92 Å². The minimum atomic E-state index is -0.997. The van der Waals surface area contributed by atoms with Gasteiger partial charge in [-0.2, -0.15) is 0 Å². The van der Waals surface area contributed by atoms with Crippen LogP contribution in [0.1, 0.15) is 45.7 Å². The molecule has 2 heterocycles. The Hall–Kier alpha value is -2.77. The van der Waals surface area contributed by atoms with Gasteiger partial charge in [0.05, 0.1) is 19.3 Å². The lowest BCUT2D eigenvalue weighted by Gasteiger charge is -2.25.